The normalized spacial score (nSPS) is 11.0. The fraction of sp³-hybridized carbons (Fsp3) is 0.636. The monoisotopic (exact) mass is 224 g/mol. The van der Waals surface area contributed by atoms with E-state index in [-0.39, 0.29) is 5.56 Å². The first kappa shape index (κ1) is 12.9. The quantitative estimate of drug-likeness (QED) is 0.713. The standard InChI is InChI=1S/C11H20N4O/c1-4-12-8-9-7-11(16)14-10(13-9)5-6-15(2)3/h7,12H,4-6,8H2,1-3H3,(H,13,14,16). The lowest BCUT2D eigenvalue weighted by atomic mass is 10.3. The van der Waals surface area contributed by atoms with Gasteiger partial charge in [-0.25, -0.2) is 4.98 Å². The molecule has 1 aromatic rings. The summed E-state index contributed by atoms with van der Waals surface area (Å²) in [6.07, 6.45) is 0.766. The van der Waals surface area contributed by atoms with Gasteiger partial charge in [-0.2, -0.15) is 0 Å². The first-order chi connectivity index (χ1) is 7.61. The Bertz CT molecular complexity index is 372. The Balaban J connectivity index is 2.69. The van der Waals surface area contributed by atoms with E-state index in [4.69, 9.17) is 0 Å². The van der Waals surface area contributed by atoms with Gasteiger partial charge in [-0.3, -0.25) is 4.79 Å². The molecule has 0 fully saturated rings. The minimum atomic E-state index is -0.0725. The van der Waals surface area contributed by atoms with E-state index in [2.05, 4.69) is 20.2 Å². The van der Waals surface area contributed by atoms with Crippen LogP contribution in [0.1, 0.15) is 18.4 Å². The van der Waals surface area contributed by atoms with Crippen LogP contribution < -0.4 is 10.9 Å². The summed E-state index contributed by atoms with van der Waals surface area (Å²) in [5.41, 5.74) is 0.732. The molecule has 0 aliphatic carbocycles. The second-order valence-corrected chi connectivity index (χ2v) is 4.02. The summed E-state index contributed by atoms with van der Waals surface area (Å²) in [5, 5.41) is 3.16. The van der Waals surface area contributed by atoms with Crippen molar-refractivity contribution in [3.8, 4) is 0 Å². The third-order valence-corrected chi connectivity index (χ3v) is 2.20. The third-order valence-electron chi connectivity index (χ3n) is 2.20. The molecule has 0 aliphatic rings. The lowest BCUT2D eigenvalue weighted by Gasteiger charge is -2.09. The van der Waals surface area contributed by atoms with Gasteiger partial charge in [0.05, 0.1) is 5.69 Å². The number of hydrogen-bond donors (Lipinski definition) is 2. The van der Waals surface area contributed by atoms with Gasteiger partial charge in [-0.05, 0) is 20.6 Å². The van der Waals surface area contributed by atoms with Crippen LogP contribution in [0.3, 0.4) is 0 Å². The Hall–Kier alpha value is -1.20. The first-order valence-electron chi connectivity index (χ1n) is 5.56. The molecule has 1 heterocycles. The van der Waals surface area contributed by atoms with E-state index < -0.39 is 0 Å². The first-order valence-corrected chi connectivity index (χ1v) is 5.56. The molecule has 0 amide bonds. The van der Waals surface area contributed by atoms with E-state index in [9.17, 15) is 4.79 Å². The Morgan fingerprint density at radius 3 is 2.88 bits per heavy atom. The number of likely N-dealkylation sites (N-methyl/N-ethyl adjacent to an activating group) is 1. The molecule has 0 saturated carbocycles. The molecule has 16 heavy (non-hydrogen) atoms. The molecular formula is C11H20N4O. The van der Waals surface area contributed by atoms with Crippen molar-refractivity contribution in [2.45, 2.75) is 19.9 Å². The van der Waals surface area contributed by atoms with E-state index in [1.165, 1.54) is 0 Å². The Labute approximate surface area is 95.9 Å². The van der Waals surface area contributed by atoms with Gasteiger partial charge in [-0.1, -0.05) is 6.92 Å². The van der Waals surface area contributed by atoms with Crippen LogP contribution in [0, 0.1) is 0 Å². The number of aromatic nitrogens is 2. The van der Waals surface area contributed by atoms with Crippen molar-refractivity contribution in [3.63, 3.8) is 0 Å². The van der Waals surface area contributed by atoms with E-state index in [1.807, 2.05) is 21.0 Å². The molecule has 0 unspecified atom stereocenters. The van der Waals surface area contributed by atoms with Crippen molar-refractivity contribution in [1.82, 2.24) is 20.2 Å². The summed E-state index contributed by atoms with van der Waals surface area (Å²) in [6.45, 7) is 4.44. The summed E-state index contributed by atoms with van der Waals surface area (Å²) in [4.78, 5) is 20.6. The van der Waals surface area contributed by atoms with Crippen molar-refractivity contribution in [3.05, 3.63) is 27.9 Å². The molecule has 0 radical (unpaired) electrons. The zero-order chi connectivity index (χ0) is 12.0. The third kappa shape index (κ3) is 4.55. The van der Waals surface area contributed by atoms with Gasteiger partial charge in [0.25, 0.3) is 5.56 Å². The largest absolute Gasteiger partial charge is 0.311 e. The number of rotatable bonds is 6. The van der Waals surface area contributed by atoms with Gasteiger partial charge >= 0.3 is 0 Å². The lowest BCUT2D eigenvalue weighted by Crippen LogP contribution is -2.21. The zero-order valence-corrected chi connectivity index (χ0v) is 10.2. The number of nitrogens with zero attached hydrogens (tertiary/aromatic N) is 2. The molecule has 0 aromatic carbocycles. The summed E-state index contributed by atoms with van der Waals surface area (Å²) in [7, 11) is 4.00. The Morgan fingerprint density at radius 1 is 1.50 bits per heavy atom. The predicted molar refractivity (Wildman–Crippen MR) is 64.5 cm³/mol. The highest BCUT2D eigenvalue weighted by atomic mass is 16.1. The number of nitrogens with one attached hydrogen (secondary N) is 2. The number of H-pyrrole nitrogens is 1. The molecule has 0 aliphatic heterocycles. The SMILES string of the molecule is CCNCc1cc(=O)[nH]c(CCN(C)C)n1. The minimum Gasteiger partial charge on any atom is -0.311 e. The second-order valence-electron chi connectivity index (χ2n) is 4.02. The molecular weight excluding hydrogens is 204 g/mol. The van der Waals surface area contributed by atoms with Crippen molar-refractivity contribution in [2.24, 2.45) is 0 Å². The van der Waals surface area contributed by atoms with Crippen LogP contribution in [-0.4, -0.2) is 42.1 Å². The van der Waals surface area contributed by atoms with Crippen LogP contribution in [0.25, 0.3) is 0 Å². The van der Waals surface area contributed by atoms with Crippen molar-refractivity contribution in [2.75, 3.05) is 27.2 Å². The average Bonchev–Trinajstić information content (AvgIpc) is 2.23. The van der Waals surface area contributed by atoms with E-state index >= 15 is 0 Å². The molecule has 0 atom stereocenters. The molecule has 1 rings (SSSR count). The average molecular weight is 224 g/mol. The minimum absolute atomic E-state index is 0.0725. The number of hydrogen-bond acceptors (Lipinski definition) is 4. The van der Waals surface area contributed by atoms with Gasteiger partial charge < -0.3 is 15.2 Å². The van der Waals surface area contributed by atoms with Crippen LogP contribution in [0.15, 0.2) is 10.9 Å². The van der Waals surface area contributed by atoms with Gasteiger partial charge in [0.2, 0.25) is 0 Å². The summed E-state index contributed by atoms with van der Waals surface area (Å²) >= 11 is 0. The maximum atomic E-state index is 11.4. The Kier molecular flexibility index (Phi) is 5.14. The summed E-state index contributed by atoms with van der Waals surface area (Å²) in [6, 6.07) is 1.54. The molecule has 5 nitrogen and oxygen atoms in total. The number of aromatic amines is 1. The molecule has 5 heteroatoms. The highest BCUT2D eigenvalue weighted by Gasteiger charge is 2.01. The highest BCUT2D eigenvalue weighted by molar-refractivity contribution is 5.03. The smallest absolute Gasteiger partial charge is 0.251 e. The van der Waals surface area contributed by atoms with E-state index in [0.717, 1.165) is 31.0 Å². The van der Waals surface area contributed by atoms with Crippen LogP contribution >= 0.6 is 0 Å². The second kappa shape index (κ2) is 6.40. The van der Waals surface area contributed by atoms with Gasteiger partial charge in [-0.15, -0.1) is 0 Å². The molecule has 0 spiro atoms. The maximum Gasteiger partial charge on any atom is 0.251 e. The molecule has 0 bridgehead atoms. The fourth-order valence-electron chi connectivity index (χ4n) is 1.35. The fourth-order valence-corrected chi connectivity index (χ4v) is 1.35. The van der Waals surface area contributed by atoms with Crippen molar-refractivity contribution < 1.29 is 0 Å². The van der Waals surface area contributed by atoms with E-state index in [1.54, 1.807) is 6.07 Å². The van der Waals surface area contributed by atoms with Gasteiger partial charge in [0, 0.05) is 25.6 Å². The Morgan fingerprint density at radius 2 is 2.25 bits per heavy atom. The highest BCUT2D eigenvalue weighted by Crippen LogP contribution is 1.94. The van der Waals surface area contributed by atoms with Crippen molar-refractivity contribution in [1.29, 1.82) is 0 Å². The molecule has 90 valence electrons. The van der Waals surface area contributed by atoms with Crippen LogP contribution in [0.5, 0.6) is 0 Å². The van der Waals surface area contributed by atoms with Crippen LogP contribution in [0.2, 0.25) is 0 Å². The summed E-state index contributed by atoms with van der Waals surface area (Å²) < 4.78 is 0. The predicted octanol–water partition coefficient (Wildman–Crippen LogP) is -0.0165. The van der Waals surface area contributed by atoms with Gasteiger partial charge in [0.15, 0.2) is 0 Å². The lowest BCUT2D eigenvalue weighted by molar-refractivity contribution is 0.409. The van der Waals surface area contributed by atoms with Crippen LogP contribution in [0.4, 0.5) is 0 Å². The van der Waals surface area contributed by atoms with Crippen LogP contribution in [-0.2, 0) is 13.0 Å². The maximum absolute atomic E-state index is 11.4. The molecule has 2 N–H and O–H groups in total. The van der Waals surface area contributed by atoms with Gasteiger partial charge in [0.1, 0.15) is 5.82 Å². The topological polar surface area (TPSA) is 61.0 Å². The van der Waals surface area contributed by atoms with Crippen molar-refractivity contribution >= 4 is 0 Å². The summed E-state index contributed by atoms with van der Waals surface area (Å²) in [5.74, 6) is 0.758. The zero-order valence-electron chi connectivity index (χ0n) is 10.2. The molecule has 0 saturated heterocycles. The molecule has 1 aromatic heterocycles. The van der Waals surface area contributed by atoms with E-state index in [0.29, 0.717) is 6.54 Å².